The minimum absolute atomic E-state index is 0.924. The van der Waals surface area contributed by atoms with Crippen molar-refractivity contribution in [3.63, 3.8) is 0 Å². The van der Waals surface area contributed by atoms with Crippen LogP contribution in [0, 0.1) is 6.92 Å². The molecule has 0 radical (unpaired) electrons. The molecule has 0 spiro atoms. The Morgan fingerprint density at radius 3 is 2.53 bits per heavy atom. The molecule has 1 N–H and O–H groups in total. The van der Waals surface area contributed by atoms with Crippen LogP contribution >= 0.6 is 15.9 Å². The molecule has 0 aliphatic carbocycles. The molecule has 0 aliphatic rings. The summed E-state index contributed by atoms with van der Waals surface area (Å²) in [6, 6.07) is 0. The second-order valence-corrected chi connectivity index (χ2v) is 4.36. The highest BCUT2D eigenvalue weighted by atomic mass is 79.9. The van der Waals surface area contributed by atoms with E-state index in [1.807, 2.05) is 6.92 Å². The normalized spacial score (nSPS) is 10.4. The molecule has 0 atom stereocenters. The van der Waals surface area contributed by atoms with Gasteiger partial charge in [-0.2, -0.15) is 0 Å². The van der Waals surface area contributed by atoms with Crippen molar-refractivity contribution in [2.75, 3.05) is 11.9 Å². The molecular formula is C11H18BrN3. The molecule has 0 aliphatic heterocycles. The molecule has 0 unspecified atom stereocenters. The van der Waals surface area contributed by atoms with Gasteiger partial charge in [-0.1, -0.05) is 13.8 Å². The van der Waals surface area contributed by atoms with Crippen molar-refractivity contribution in [3.05, 3.63) is 16.0 Å². The lowest BCUT2D eigenvalue weighted by Crippen LogP contribution is -2.07. The zero-order valence-corrected chi connectivity index (χ0v) is 11.2. The molecule has 0 fully saturated rings. The van der Waals surface area contributed by atoms with Crippen molar-refractivity contribution in [1.82, 2.24) is 9.97 Å². The van der Waals surface area contributed by atoms with E-state index >= 15 is 0 Å². The molecule has 0 bridgehead atoms. The summed E-state index contributed by atoms with van der Waals surface area (Å²) in [6.07, 6.45) is 3.11. The third kappa shape index (κ3) is 3.45. The number of rotatable bonds is 5. The fraction of sp³-hybridized carbons (Fsp3) is 0.636. The highest BCUT2D eigenvalue weighted by Gasteiger charge is 2.07. The Balaban J connectivity index is 2.91. The number of nitrogens with zero attached hydrogens (tertiary/aromatic N) is 2. The summed E-state index contributed by atoms with van der Waals surface area (Å²) in [5.41, 5.74) is 1.01. The lowest BCUT2D eigenvalue weighted by Gasteiger charge is -2.10. The fourth-order valence-corrected chi connectivity index (χ4v) is 1.63. The lowest BCUT2D eigenvalue weighted by molar-refractivity contribution is 0.819. The van der Waals surface area contributed by atoms with Gasteiger partial charge in [-0.25, -0.2) is 9.97 Å². The largest absolute Gasteiger partial charge is 0.369 e. The van der Waals surface area contributed by atoms with Crippen LogP contribution in [0.5, 0.6) is 0 Å². The highest BCUT2D eigenvalue weighted by Crippen LogP contribution is 2.23. The monoisotopic (exact) mass is 271 g/mol. The van der Waals surface area contributed by atoms with E-state index in [2.05, 4.69) is 45.1 Å². The maximum Gasteiger partial charge on any atom is 0.144 e. The SMILES string of the molecule is CCCNc1nc(CCC)nc(C)c1Br. The first-order valence-corrected chi connectivity index (χ1v) is 6.25. The third-order valence-electron chi connectivity index (χ3n) is 2.08. The molecule has 0 aromatic carbocycles. The Kier molecular flexibility index (Phi) is 5.02. The van der Waals surface area contributed by atoms with Crippen molar-refractivity contribution >= 4 is 21.7 Å². The maximum absolute atomic E-state index is 4.49. The van der Waals surface area contributed by atoms with Crippen LogP contribution in [0.15, 0.2) is 4.47 Å². The molecule has 15 heavy (non-hydrogen) atoms. The van der Waals surface area contributed by atoms with E-state index in [1.165, 1.54) is 0 Å². The zero-order valence-electron chi connectivity index (χ0n) is 9.60. The molecular weight excluding hydrogens is 254 g/mol. The van der Waals surface area contributed by atoms with Crippen molar-refractivity contribution in [2.24, 2.45) is 0 Å². The number of aryl methyl sites for hydroxylation is 2. The van der Waals surface area contributed by atoms with Gasteiger partial charge >= 0.3 is 0 Å². The van der Waals surface area contributed by atoms with Gasteiger partial charge in [0.2, 0.25) is 0 Å². The van der Waals surface area contributed by atoms with Gasteiger partial charge in [0.1, 0.15) is 11.6 Å². The summed E-state index contributed by atoms with van der Waals surface area (Å²) in [6.45, 7) is 7.23. The summed E-state index contributed by atoms with van der Waals surface area (Å²) >= 11 is 3.51. The van der Waals surface area contributed by atoms with Crippen LogP contribution in [0.3, 0.4) is 0 Å². The van der Waals surface area contributed by atoms with E-state index in [-0.39, 0.29) is 0 Å². The van der Waals surface area contributed by atoms with Gasteiger partial charge in [0, 0.05) is 13.0 Å². The topological polar surface area (TPSA) is 37.8 Å². The minimum Gasteiger partial charge on any atom is -0.369 e. The van der Waals surface area contributed by atoms with Crippen LogP contribution in [0.4, 0.5) is 5.82 Å². The summed E-state index contributed by atoms with van der Waals surface area (Å²) in [4.78, 5) is 8.92. The van der Waals surface area contributed by atoms with E-state index in [9.17, 15) is 0 Å². The Morgan fingerprint density at radius 2 is 1.93 bits per heavy atom. The zero-order chi connectivity index (χ0) is 11.3. The van der Waals surface area contributed by atoms with Crippen molar-refractivity contribution in [2.45, 2.75) is 40.0 Å². The predicted octanol–water partition coefficient (Wildman–Crippen LogP) is 3.32. The van der Waals surface area contributed by atoms with E-state index in [0.29, 0.717) is 0 Å². The summed E-state index contributed by atoms with van der Waals surface area (Å²) < 4.78 is 0.982. The number of hydrogen-bond acceptors (Lipinski definition) is 3. The Hall–Kier alpha value is -0.640. The first-order chi connectivity index (χ1) is 7.19. The Bertz CT molecular complexity index is 326. The van der Waals surface area contributed by atoms with Gasteiger partial charge in [0.25, 0.3) is 0 Å². The molecule has 1 aromatic heterocycles. The molecule has 3 nitrogen and oxygen atoms in total. The number of anilines is 1. The van der Waals surface area contributed by atoms with Gasteiger partial charge in [-0.05, 0) is 35.7 Å². The Morgan fingerprint density at radius 1 is 1.20 bits per heavy atom. The average Bonchev–Trinajstić information content (AvgIpc) is 2.21. The van der Waals surface area contributed by atoms with Crippen molar-refractivity contribution in [3.8, 4) is 0 Å². The van der Waals surface area contributed by atoms with Gasteiger partial charge in [-0.15, -0.1) is 0 Å². The van der Waals surface area contributed by atoms with Crippen LogP contribution in [-0.4, -0.2) is 16.5 Å². The number of halogens is 1. The molecule has 1 aromatic rings. The maximum atomic E-state index is 4.49. The first-order valence-electron chi connectivity index (χ1n) is 5.45. The predicted molar refractivity (Wildman–Crippen MR) is 67.2 cm³/mol. The van der Waals surface area contributed by atoms with Crippen molar-refractivity contribution < 1.29 is 0 Å². The fourth-order valence-electron chi connectivity index (χ4n) is 1.31. The second-order valence-electron chi connectivity index (χ2n) is 3.56. The van der Waals surface area contributed by atoms with Crippen LogP contribution in [0.1, 0.15) is 38.2 Å². The number of aromatic nitrogens is 2. The smallest absolute Gasteiger partial charge is 0.144 e. The van der Waals surface area contributed by atoms with E-state index in [1.54, 1.807) is 0 Å². The standard InChI is InChI=1S/C11H18BrN3/c1-4-6-9-14-8(3)10(12)11(15-9)13-7-5-2/h4-7H2,1-3H3,(H,13,14,15). The van der Waals surface area contributed by atoms with E-state index in [4.69, 9.17) is 0 Å². The van der Waals surface area contributed by atoms with Gasteiger partial charge in [-0.3, -0.25) is 0 Å². The lowest BCUT2D eigenvalue weighted by atomic mass is 10.3. The summed E-state index contributed by atoms with van der Waals surface area (Å²) in [5.74, 6) is 1.85. The number of hydrogen-bond donors (Lipinski definition) is 1. The van der Waals surface area contributed by atoms with E-state index < -0.39 is 0 Å². The molecule has 0 saturated heterocycles. The quantitative estimate of drug-likeness (QED) is 0.893. The second kappa shape index (κ2) is 6.05. The molecule has 1 heterocycles. The minimum atomic E-state index is 0.924. The highest BCUT2D eigenvalue weighted by molar-refractivity contribution is 9.10. The van der Waals surface area contributed by atoms with Crippen LogP contribution in [0.25, 0.3) is 0 Å². The molecule has 1 rings (SSSR count). The van der Waals surface area contributed by atoms with Gasteiger partial charge in [0.15, 0.2) is 0 Å². The average molecular weight is 272 g/mol. The van der Waals surface area contributed by atoms with Crippen LogP contribution < -0.4 is 5.32 Å². The third-order valence-corrected chi connectivity index (χ3v) is 3.03. The first kappa shape index (κ1) is 12.4. The number of nitrogens with one attached hydrogen (secondary N) is 1. The van der Waals surface area contributed by atoms with Crippen LogP contribution in [-0.2, 0) is 6.42 Å². The summed E-state index contributed by atoms with van der Waals surface area (Å²) in [7, 11) is 0. The molecule has 0 saturated carbocycles. The Labute approximate surface area is 99.8 Å². The molecule has 84 valence electrons. The van der Waals surface area contributed by atoms with Crippen LogP contribution in [0.2, 0.25) is 0 Å². The van der Waals surface area contributed by atoms with E-state index in [0.717, 1.165) is 47.6 Å². The van der Waals surface area contributed by atoms with Gasteiger partial charge in [0.05, 0.1) is 10.2 Å². The molecule has 0 amide bonds. The van der Waals surface area contributed by atoms with Gasteiger partial charge < -0.3 is 5.32 Å². The van der Waals surface area contributed by atoms with Crippen molar-refractivity contribution in [1.29, 1.82) is 0 Å². The molecule has 4 heteroatoms. The summed E-state index contributed by atoms with van der Waals surface area (Å²) in [5, 5.41) is 3.30.